The maximum Gasteiger partial charge on any atom is 0.298 e. The zero-order valence-corrected chi connectivity index (χ0v) is 15.3. The first-order chi connectivity index (χ1) is 12.0. The third kappa shape index (κ3) is 2.90. The lowest BCUT2D eigenvalue weighted by atomic mass is 10.2. The van der Waals surface area contributed by atoms with Crippen molar-refractivity contribution in [2.24, 2.45) is 0 Å². The number of fused-ring (bicyclic) bond motifs is 2. The van der Waals surface area contributed by atoms with E-state index in [2.05, 4.69) is 20.9 Å². The highest BCUT2D eigenvalue weighted by molar-refractivity contribution is 9.10. The monoisotopic (exact) mass is 420 g/mol. The first-order valence-electron chi connectivity index (χ1n) is 7.65. The molecule has 3 aromatic rings. The Morgan fingerprint density at radius 1 is 1.16 bits per heavy atom. The van der Waals surface area contributed by atoms with E-state index in [0.29, 0.717) is 29.6 Å². The molecule has 8 heteroatoms. The van der Waals surface area contributed by atoms with Crippen LogP contribution in [0.15, 0.2) is 62.7 Å². The van der Waals surface area contributed by atoms with E-state index in [0.717, 1.165) is 4.47 Å². The minimum Gasteiger partial charge on any atom is -0.268 e. The summed E-state index contributed by atoms with van der Waals surface area (Å²) in [6.45, 7) is 0. The fourth-order valence-corrected chi connectivity index (χ4v) is 4.38. The van der Waals surface area contributed by atoms with Crippen molar-refractivity contribution >= 4 is 37.0 Å². The van der Waals surface area contributed by atoms with E-state index in [1.807, 2.05) is 0 Å². The van der Waals surface area contributed by atoms with Crippen LogP contribution in [0.3, 0.4) is 0 Å². The van der Waals surface area contributed by atoms with Gasteiger partial charge < -0.3 is 0 Å². The number of rotatable bonds is 3. The summed E-state index contributed by atoms with van der Waals surface area (Å²) in [4.78, 5) is 17.3. The van der Waals surface area contributed by atoms with Crippen molar-refractivity contribution in [3.8, 4) is 0 Å². The second-order valence-electron chi connectivity index (χ2n) is 5.72. The van der Waals surface area contributed by atoms with Gasteiger partial charge in [-0.2, -0.15) is 8.42 Å². The van der Waals surface area contributed by atoms with Crippen LogP contribution in [0, 0.1) is 0 Å². The van der Waals surface area contributed by atoms with Gasteiger partial charge in [-0.05, 0) is 30.3 Å². The smallest absolute Gasteiger partial charge is 0.268 e. The number of benzene rings is 2. The lowest BCUT2D eigenvalue weighted by Gasteiger charge is -2.15. The van der Waals surface area contributed by atoms with Crippen molar-refractivity contribution in [1.82, 2.24) is 9.55 Å². The molecule has 1 aliphatic heterocycles. The average Bonchev–Trinajstić information content (AvgIpc) is 2.98. The Balaban J connectivity index is 1.78. The van der Waals surface area contributed by atoms with E-state index < -0.39 is 16.3 Å². The minimum absolute atomic E-state index is 0.0641. The highest BCUT2D eigenvalue weighted by atomic mass is 79.9. The molecule has 2 aromatic carbocycles. The summed E-state index contributed by atoms with van der Waals surface area (Å²) in [5.74, 6) is 0.531. The second kappa shape index (κ2) is 6.05. The molecule has 1 unspecified atom stereocenters. The fourth-order valence-electron chi connectivity index (χ4n) is 2.95. The molecule has 4 rings (SSSR count). The third-order valence-corrected chi connectivity index (χ3v) is 5.93. The van der Waals surface area contributed by atoms with Crippen molar-refractivity contribution in [1.29, 1.82) is 0 Å². The molecule has 0 radical (unpaired) electrons. The summed E-state index contributed by atoms with van der Waals surface area (Å²) in [5, 5.41) is 0.430. The molecule has 1 aliphatic rings. The molecule has 0 N–H and O–H groups in total. The normalized spacial score (nSPS) is 16.9. The van der Waals surface area contributed by atoms with Gasteiger partial charge >= 0.3 is 0 Å². The third-order valence-electron chi connectivity index (χ3n) is 4.11. The molecule has 0 bridgehead atoms. The van der Waals surface area contributed by atoms with Gasteiger partial charge in [-0.1, -0.05) is 34.1 Å². The molecule has 0 fully saturated rings. The van der Waals surface area contributed by atoms with Crippen LogP contribution in [-0.2, 0) is 20.7 Å². The second-order valence-corrected chi connectivity index (χ2v) is 8.21. The fraction of sp³-hybridized carbons (Fsp3) is 0.176. The molecule has 1 aromatic heterocycles. The number of hydrogen-bond acceptors (Lipinski definition) is 5. The molecule has 6 nitrogen and oxygen atoms in total. The molecular formula is C17H13BrN2O4S. The molecule has 128 valence electrons. The predicted octanol–water partition coefficient (Wildman–Crippen LogP) is 3.01. The zero-order valence-electron chi connectivity index (χ0n) is 12.9. The first kappa shape index (κ1) is 16.4. The summed E-state index contributed by atoms with van der Waals surface area (Å²) >= 11 is 3.36. The van der Waals surface area contributed by atoms with Gasteiger partial charge in [-0.15, -0.1) is 0 Å². The summed E-state index contributed by atoms with van der Waals surface area (Å²) < 4.78 is 32.4. The van der Waals surface area contributed by atoms with Crippen molar-refractivity contribution in [2.75, 3.05) is 0 Å². The molecule has 2 heterocycles. The lowest BCUT2D eigenvalue weighted by molar-refractivity contribution is 0.146. The Morgan fingerprint density at radius 2 is 1.92 bits per heavy atom. The number of nitrogens with zero attached hydrogens (tertiary/aromatic N) is 2. The minimum atomic E-state index is -3.96. The number of aryl methyl sites for hydroxylation is 1. The van der Waals surface area contributed by atoms with Crippen LogP contribution in [0.25, 0.3) is 10.9 Å². The number of hydrogen-bond donors (Lipinski definition) is 0. The number of halogens is 1. The van der Waals surface area contributed by atoms with Gasteiger partial charge in [0, 0.05) is 17.3 Å². The van der Waals surface area contributed by atoms with Crippen molar-refractivity contribution in [2.45, 2.75) is 24.0 Å². The number of aromatic nitrogens is 2. The van der Waals surface area contributed by atoms with Crippen LogP contribution in [0.1, 0.15) is 18.5 Å². The standard InChI is InChI=1S/C17H13BrN2O4S/c18-11-6-7-13-14(10-11)19-15-8-9-16(20(15)17(13)21)24-25(22,23)12-4-2-1-3-5-12/h1-7,10,16H,8-9H2. The van der Waals surface area contributed by atoms with Crippen LogP contribution in [0.2, 0.25) is 0 Å². The van der Waals surface area contributed by atoms with Crippen molar-refractivity contribution in [3.63, 3.8) is 0 Å². The van der Waals surface area contributed by atoms with E-state index >= 15 is 0 Å². The highest BCUT2D eigenvalue weighted by Crippen LogP contribution is 2.29. The topological polar surface area (TPSA) is 78.3 Å². The average molecular weight is 421 g/mol. The van der Waals surface area contributed by atoms with Crippen molar-refractivity contribution < 1.29 is 12.6 Å². The molecule has 0 saturated carbocycles. The van der Waals surface area contributed by atoms with Crippen LogP contribution in [-0.4, -0.2) is 18.0 Å². The Hall–Kier alpha value is -2.03. The summed E-state index contributed by atoms with van der Waals surface area (Å²) in [6, 6.07) is 13.1. The van der Waals surface area contributed by atoms with Crippen LogP contribution >= 0.6 is 15.9 Å². The Kier molecular flexibility index (Phi) is 3.98. The summed E-state index contributed by atoms with van der Waals surface area (Å²) in [6.07, 6.45) is -0.0217. The highest BCUT2D eigenvalue weighted by Gasteiger charge is 2.31. The van der Waals surface area contributed by atoms with Gasteiger partial charge in [0.1, 0.15) is 5.82 Å². The first-order valence-corrected chi connectivity index (χ1v) is 9.85. The Bertz CT molecular complexity index is 1130. The summed E-state index contributed by atoms with van der Waals surface area (Å²) in [7, 11) is -3.96. The molecule has 0 amide bonds. The molecule has 1 atom stereocenters. The Morgan fingerprint density at radius 3 is 2.68 bits per heavy atom. The van der Waals surface area contributed by atoms with Gasteiger partial charge in [0.25, 0.3) is 15.7 Å². The van der Waals surface area contributed by atoms with E-state index in [9.17, 15) is 13.2 Å². The zero-order chi connectivity index (χ0) is 17.6. The van der Waals surface area contributed by atoms with E-state index in [4.69, 9.17) is 4.18 Å². The van der Waals surface area contributed by atoms with Crippen LogP contribution in [0.4, 0.5) is 0 Å². The summed E-state index contributed by atoms with van der Waals surface area (Å²) in [5.41, 5.74) is 0.287. The van der Waals surface area contributed by atoms with Gasteiger partial charge in [0.15, 0.2) is 6.23 Å². The van der Waals surface area contributed by atoms with E-state index in [1.54, 1.807) is 36.4 Å². The maximum atomic E-state index is 12.8. The largest absolute Gasteiger partial charge is 0.298 e. The lowest BCUT2D eigenvalue weighted by Crippen LogP contribution is -2.27. The van der Waals surface area contributed by atoms with Crippen LogP contribution < -0.4 is 5.56 Å². The molecule has 0 aliphatic carbocycles. The molecule has 0 saturated heterocycles. The van der Waals surface area contributed by atoms with Gasteiger partial charge in [0.05, 0.1) is 15.8 Å². The quantitative estimate of drug-likeness (QED) is 0.608. The SMILES string of the molecule is O=c1c2ccc(Br)cc2nc2n1C(OS(=O)(=O)c1ccccc1)CC2. The van der Waals surface area contributed by atoms with E-state index in [-0.39, 0.29) is 10.5 Å². The van der Waals surface area contributed by atoms with Crippen molar-refractivity contribution in [3.05, 3.63) is 69.2 Å². The van der Waals surface area contributed by atoms with Crippen LogP contribution in [0.5, 0.6) is 0 Å². The molecular weight excluding hydrogens is 408 g/mol. The van der Waals surface area contributed by atoms with Gasteiger partial charge in [-0.3, -0.25) is 9.36 Å². The van der Waals surface area contributed by atoms with E-state index in [1.165, 1.54) is 16.7 Å². The van der Waals surface area contributed by atoms with Gasteiger partial charge in [-0.25, -0.2) is 9.17 Å². The molecule has 25 heavy (non-hydrogen) atoms. The van der Waals surface area contributed by atoms with Gasteiger partial charge in [0.2, 0.25) is 0 Å². The predicted molar refractivity (Wildman–Crippen MR) is 95.8 cm³/mol. The Labute approximate surface area is 152 Å². The molecule has 0 spiro atoms. The maximum absolute atomic E-state index is 12.8.